The molecule has 0 heterocycles. The predicted octanol–water partition coefficient (Wildman–Crippen LogP) is 3.28. The number of nitrogens with two attached hydrogens (primary N) is 1. The molecule has 0 unspecified atom stereocenters. The molecule has 1 aliphatic rings. The standard InChI is InChI=1S/C15H20FNO2S/c1-10(17)11-4-3-5-12(16)14(11)20-9-15(6-7-15)8-13(18)19-2/h3-5,10H,6-9,17H2,1-2H3/t10-/m1/s1. The van der Waals surface area contributed by atoms with Crippen molar-refractivity contribution in [2.75, 3.05) is 12.9 Å². The van der Waals surface area contributed by atoms with E-state index in [0.717, 1.165) is 24.2 Å². The van der Waals surface area contributed by atoms with Crippen molar-refractivity contribution in [3.05, 3.63) is 29.6 Å². The summed E-state index contributed by atoms with van der Waals surface area (Å²) < 4.78 is 18.7. The highest BCUT2D eigenvalue weighted by Gasteiger charge is 2.44. The third-order valence-electron chi connectivity index (χ3n) is 3.71. The van der Waals surface area contributed by atoms with E-state index in [4.69, 9.17) is 10.5 Å². The summed E-state index contributed by atoms with van der Waals surface area (Å²) >= 11 is 1.46. The van der Waals surface area contributed by atoms with Gasteiger partial charge in [0.2, 0.25) is 0 Å². The highest BCUT2D eigenvalue weighted by molar-refractivity contribution is 7.99. The quantitative estimate of drug-likeness (QED) is 0.646. The minimum absolute atomic E-state index is 0.0187. The second-order valence-electron chi connectivity index (χ2n) is 5.49. The molecule has 2 N–H and O–H groups in total. The van der Waals surface area contributed by atoms with Crippen molar-refractivity contribution in [2.45, 2.75) is 37.1 Å². The molecule has 110 valence electrons. The van der Waals surface area contributed by atoms with E-state index >= 15 is 0 Å². The van der Waals surface area contributed by atoms with E-state index < -0.39 is 0 Å². The molecular weight excluding hydrogens is 277 g/mol. The Morgan fingerprint density at radius 1 is 1.55 bits per heavy atom. The number of carbonyl (C=O) groups is 1. The summed E-state index contributed by atoms with van der Waals surface area (Å²) in [5.41, 5.74) is 6.69. The number of methoxy groups -OCH3 is 1. The van der Waals surface area contributed by atoms with Crippen molar-refractivity contribution >= 4 is 17.7 Å². The van der Waals surface area contributed by atoms with Gasteiger partial charge in [0.05, 0.1) is 13.5 Å². The van der Waals surface area contributed by atoms with Crippen LogP contribution in [0, 0.1) is 11.2 Å². The molecule has 1 aromatic rings. The van der Waals surface area contributed by atoms with E-state index in [2.05, 4.69) is 0 Å². The molecule has 5 heteroatoms. The van der Waals surface area contributed by atoms with Crippen molar-refractivity contribution in [2.24, 2.45) is 11.1 Å². The molecular formula is C15H20FNO2S. The number of thioether (sulfide) groups is 1. The molecule has 1 aliphatic carbocycles. The molecule has 1 fully saturated rings. The lowest BCUT2D eigenvalue weighted by Crippen LogP contribution is -2.14. The largest absolute Gasteiger partial charge is 0.469 e. The third kappa shape index (κ3) is 3.52. The molecule has 0 bridgehead atoms. The van der Waals surface area contributed by atoms with Gasteiger partial charge in [-0.15, -0.1) is 11.8 Å². The van der Waals surface area contributed by atoms with Gasteiger partial charge < -0.3 is 10.5 Å². The molecule has 2 rings (SSSR count). The minimum Gasteiger partial charge on any atom is -0.469 e. The molecule has 0 saturated heterocycles. The topological polar surface area (TPSA) is 52.3 Å². The number of carbonyl (C=O) groups excluding carboxylic acids is 1. The van der Waals surface area contributed by atoms with Gasteiger partial charge in [0.15, 0.2) is 0 Å². The maximum atomic E-state index is 14.0. The van der Waals surface area contributed by atoms with Crippen LogP contribution in [0.2, 0.25) is 0 Å². The molecule has 0 aliphatic heterocycles. The SMILES string of the molecule is COC(=O)CC1(CSc2c(F)cccc2[C@@H](C)N)CC1. The summed E-state index contributed by atoms with van der Waals surface area (Å²) in [4.78, 5) is 12.0. The fraction of sp³-hybridized carbons (Fsp3) is 0.533. The molecule has 3 nitrogen and oxygen atoms in total. The van der Waals surface area contributed by atoms with Crippen molar-refractivity contribution in [1.82, 2.24) is 0 Å². The molecule has 0 radical (unpaired) electrons. The maximum absolute atomic E-state index is 14.0. The Labute approximate surface area is 123 Å². The van der Waals surface area contributed by atoms with Crippen LogP contribution >= 0.6 is 11.8 Å². The van der Waals surface area contributed by atoms with Crippen LogP contribution in [0.25, 0.3) is 0 Å². The number of rotatable bonds is 6. The lowest BCUT2D eigenvalue weighted by molar-refractivity contribution is -0.141. The van der Waals surface area contributed by atoms with Crippen molar-refractivity contribution in [3.8, 4) is 0 Å². The normalized spacial score (nSPS) is 17.6. The fourth-order valence-corrected chi connectivity index (χ4v) is 3.66. The Morgan fingerprint density at radius 3 is 2.80 bits per heavy atom. The average molecular weight is 297 g/mol. The highest BCUT2D eigenvalue weighted by atomic mass is 32.2. The Morgan fingerprint density at radius 2 is 2.25 bits per heavy atom. The van der Waals surface area contributed by atoms with Gasteiger partial charge in [-0.2, -0.15) is 0 Å². The molecule has 1 aromatic carbocycles. The zero-order valence-corrected chi connectivity index (χ0v) is 12.6. The Balaban J connectivity index is 2.06. The summed E-state index contributed by atoms with van der Waals surface area (Å²) in [7, 11) is 1.40. The Bertz CT molecular complexity index is 501. The van der Waals surface area contributed by atoms with Gasteiger partial charge >= 0.3 is 5.97 Å². The van der Waals surface area contributed by atoms with E-state index in [-0.39, 0.29) is 23.2 Å². The van der Waals surface area contributed by atoms with E-state index in [0.29, 0.717) is 11.3 Å². The summed E-state index contributed by atoms with van der Waals surface area (Å²) in [6, 6.07) is 4.78. The second-order valence-corrected chi connectivity index (χ2v) is 6.47. The first-order valence-corrected chi connectivity index (χ1v) is 7.70. The van der Waals surface area contributed by atoms with E-state index in [1.807, 2.05) is 13.0 Å². The van der Waals surface area contributed by atoms with Gasteiger partial charge in [0.1, 0.15) is 5.82 Å². The summed E-state index contributed by atoms with van der Waals surface area (Å²) in [5.74, 6) is 0.297. The monoisotopic (exact) mass is 297 g/mol. The predicted molar refractivity (Wildman–Crippen MR) is 78.0 cm³/mol. The van der Waals surface area contributed by atoms with Crippen LogP contribution in [0.3, 0.4) is 0 Å². The third-order valence-corrected chi connectivity index (χ3v) is 5.19. The Hall–Kier alpha value is -1.07. The van der Waals surface area contributed by atoms with E-state index in [1.165, 1.54) is 24.9 Å². The Kier molecular flexibility index (Phi) is 4.70. The van der Waals surface area contributed by atoms with Crippen LogP contribution < -0.4 is 5.73 Å². The fourth-order valence-electron chi connectivity index (χ4n) is 2.19. The number of hydrogen-bond acceptors (Lipinski definition) is 4. The molecule has 0 amide bonds. The smallest absolute Gasteiger partial charge is 0.306 e. The molecule has 0 spiro atoms. The van der Waals surface area contributed by atoms with Gasteiger partial charge in [-0.1, -0.05) is 12.1 Å². The molecule has 1 saturated carbocycles. The van der Waals surface area contributed by atoms with Gasteiger partial charge in [-0.05, 0) is 36.8 Å². The van der Waals surface area contributed by atoms with Crippen LogP contribution in [0.5, 0.6) is 0 Å². The first-order chi connectivity index (χ1) is 9.47. The number of halogens is 1. The van der Waals surface area contributed by atoms with Crippen LogP contribution in [0.4, 0.5) is 4.39 Å². The number of hydrogen-bond donors (Lipinski definition) is 1. The van der Waals surface area contributed by atoms with Gasteiger partial charge in [-0.3, -0.25) is 4.79 Å². The first-order valence-electron chi connectivity index (χ1n) is 6.71. The van der Waals surface area contributed by atoms with Crippen LogP contribution in [0.15, 0.2) is 23.1 Å². The van der Waals surface area contributed by atoms with E-state index in [9.17, 15) is 9.18 Å². The van der Waals surface area contributed by atoms with Gasteiger partial charge in [0.25, 0.3) is 0 Å². The number of ether oxygens (including phenoxy) is 1. The second kappa shape index (κ2) is 6.14. The van der Waals surface area contributed by atoms with Crippen molar-refractivity contribution in [1.29, 1.82) is 0 Å². The highest BCUT2D eigenvalue weighted by Crippen LogP contribution is 2.52. The van der Waals surface area contributed by atoms with Crippen LogP contribution in [-0.4, -0.2) is 18.8 Å². The van der Waals surface area contributed by atoms with Crippen LogP contribution in [-0.2, 0) is 9.53 Å². The average Bonchev–Trinajstić information content (AvgIpc) is 3.16. The van der Waals surface area contributed by atoms with E-state index in [1.54, 1.807) is 6.07 Å². The summed E-state index contributed by atoms with van der Waals surface area (Å²) in [6.45, 7) is 1.85. The molecule has 1 atom stereocenters. The number of esters is 1. The van der Waals surface area contributed by atoms with Gasteiger partial charge in [-0.25, -0.2) is 4.39 Å². The zero-order valence-electron chi connectivity index (χ0n) is 11.8. The summed E-state index contributed by atoms with van der Waals surface area (Å²) in [6.07, 6.45) is 2.41. The number of benzene rings is 1. The van der Waals surface area contributed by atoms with Crippen molar-refractivity contribution < 1.29 is 13.9 Å². The first kappa shape index (κ1) is 15.3. The lowest BCUT2D eigenvalue weighted by Gasteiger charge is -2.17. The lowest BCUT2D eigenvalue weighted by atomic mass is 10.1. The summed E-state index contributed by atoms with van der Waals surface area (Å²) in [5, 5.41) is 0. The van der Waals surface area contributed by atoms with Gasteiger partial charge in [0, 0.05) is 16.7 Å². The molecule has 20 heavy (non-hydrogen) atoms. The zero-order chi connectivity index (χ0) is 14.8. The molecule has 0 aromatic heterocycles. The maximum Gasteiger partial charge on any atom is 0.306 e. The van der Waals surface area contributed by atoms with Crippen molar-refractivity contribution in [3.63, 3.8) is 0 Å². The minimum atomic E-state index is -0.237. The van der Waals surface area contributed by atoms with Crippen LogP contribution in [0.1, 0.15) is 37.8 Å².